The van der Waals surface area contributed by atoms with Crippen LogP contribution in [0.1, 0.15) is 34.0 Å². The maximum absolute atomic E-state index is 13.7. The van der Waals surface area contributed by atoms with Crippen molar-refractivity contribution in [2.75, 3.05) is 40.5 Å². The second-order valence-electron chi connectivity index (χ2n) is 8.64. The van der Waals surface area contributed by atoms with Gasteiger partial charge in [-0.1, -0.05) is 42.5 Å². The Balaban J connectivity index is 1.52. The first-order chi connectivity index (χ1) is 17.1. The molecule has 2 amide bonds. The molecule has 0 spiro atoms. The number of methoxy groups -OCH3 is 2. The Labute approximate surface area is 211 Å². The number of amides is 2. The summed E-state index contributed by atoms with van der Waals surface area (Å²) >= 11 is 1.75. The summed E-state index contributed by atoms with van der Waals surface area (Å²) in [6.45, 7) is 1.71. The number of thiophene rings is 1. The molecule has 1 aromatic heterocycles. The van der Waals surface area contributed by atoms with Crippen LogP contribution in [0.15, 0.2) is 66.0 Å². The van der Waals surface area contributed by atoms with Crippen molar-refractivity contribution in [2.24, 2.45) is 0 Å². The van der Waals surface area contributed by atoms with Gasteiger partial charge >= 0.3 is 0 Å². The Morgan fingerprint density at radius 2 is 1.83 bits per heavy atom. The fourth-order valence-corrected chi connectivity index (χ4v) is 5.46. The minimum Gasteiger partial charge on any atom is -0.497 e. The molecule has 184 valence electrons. The van der Waals surface area contributed by atoms with Gasteiger partial charge < -0.3 is 19.3 Å². The van der Waals surface area contributed by atoms with Gasteiger partial charge in [-0.3, -0.25) is 9.59 Å². The summed E-state index contributed by atoms with van der Waals surface area (Å²) in [5.41, 5.74) is 3.18. The van der Waals surface area contributed by atoms with Crippen molar-refractivity contribution in [2.45, 2.75) is 25.3 Å². The molecule has 0 aliphatic carbocycles. The van der Waals surface area contributed by atoms with Crippen LogP contribution >= 0.6 is 11.3 Å². The fraction of sp³-hybridized carbons (Fsp3) is 0.357. The van der Waals surface area contributed by atoms with Crippen molar-refractivity contribution in [1.82, 2.24) is 9.80 Å². The molecule has 1 aliphatic rings. The summed E-state index contributed by atoms with van der Waals surface area (Å²) in [5.74, 6) is 0.651. The van der Waals surface area contributed by atoms with Crippen LogP contribution in [0.2, 0.25) is 0 Å². The average Bonchev–Trinajstić information content (AvgIpc) is 3.37. The van der Waals surface area contributed by atoms with E-state index in [0.29, 0.717) is 26.1 Å². The fourth-order valence-electron chi connectivity index (χ4n) is 4.56. The zero-order chi connectivity index (χ0) is 24.6. The first kappa shape index (κ1) is 24.9. The molecule has 4 rings (SSSR count). The number of hydrogen-bond donors (Lipinski definition) is 0. The third kappa shape index (κ3) is 6.10. The quantitative estimate of drug-likeness (QED) is 0.395. The van der Waals surface area contributed by atoms with Gasteiger partial charge in [0.15, 0.2) is 0 Å². The minimum absolute atomic E-state index is 0.0313. The second-order valence-corrected chi connectivity index (χ2v) is 9.64. The van der Waals surface area contributed by atoms with E-state index >= 15 is 0 Å². The lowest BCUT2D eigenvalue weighted by Crippen LogP contribution is -2.47. The van der Waals surface area contributed by atoms with Gasteiger partial charge in [0.2, 0.25) is 11.8 Å². The van der Waals surface area contributed by atoms with Crippen molar-refractivity contribution >= 4 is 23.2 Å². The molecule has 0 saturated carbocycles. The molecule has 0 saturated heterocycles. The predicted molar refractivity (Wildman–Crippen MR) is 138 cm³/mol. The Morgan fingerprint density at radius 1 is 1.06 bits per heavy atom. The number of carbonyl (C=O) groups excluding carboxylic acids is 2. The monoisotopic (exact) mass is 492 g/mol. The van der Waals surface area contributed by atoms with Gasteiger partial charge in [0, 0.05) is 31.7 Å². The van der Waals surface area contributed by atoms with Gasteiger partial charge in [-0.15, -0.1) is 11.3 Å². The molecule has 0 radical (unpaired) electrons. The molecule has 0 fully saturated rings. The molecule has 2 aromatic carbocycles. The standard InChI is InChI=1S/C28H32N2O4S/c1-33-17-6-15-29(26(31)19-21-9-11-23(34-2)12-10-21)20-27(32)30-16-13-25-24(14-18-35-25)28(30)22-7-4-3-5-8-22/h3-5,7-12,14,18,28H,6,13,15-17,19-20H2,1-2H3. The Kier molecular flexibility index (Phi) is 8.55. The minimum atomic E-state index is -0.129. The van der Waals surface area contributed by atoms with E-state index in [0.717, 1.165) is 23.3 Å². The molecule has 6 nitrogen and oxygen atoms in total. The average molecular weight is 493 g/mol. The number of benzene rings is 2. The molecule has 3 aromatic rings. The van der Waals surface area contributed by atoms with Gasteiger partial charge in [0.05, 0.1) is 26.1 Å². The van der Waals surface area contributed by atoms with Crippen molar-refractivity contribution in [3.63, 3.8) is 0 Å². The molecule has 35 heavy (non-hydrogen) atoms. The molecule has 1 aliphatic heterocycles. The molecular weight excluding hydrogens is 460 g/mol. The van der Waals surface area contributed by atoms with E-state index < -0.39 is 0 Å². The van der Waals surface area contributed by atoms with Crippen molar-refractivity contribution in [1.29, 1.82) is 0 Å². The lowest BCUT2D eigenvalue weighted by Gasteiger charge is -2.37. The normalized spacial score (nSPS) is 14.9. The van der Waals surface area contributed by atoms with Gasteiger partial charge in [-0.25, -0.2) is 0 Å². The summed E-state index contributed by atoms with van der Waals surface area (Å²) in [4.78, 5) is 31.9. The Morgan fingerprint density at radius 3 is 2.54 bits per heavy atom. The predicted octanol–water partition coefficient (Wildman–Crippen LogP) is 4.34. The first-order valence-corrected chi connectivity index (χ1v) is 12.8. The number of carbonyl (C=O) groups is 2. The summed E-state index contributed by atoms with van der Waals surface area (Å²) in [7, 11) is 3.26. The van der Waals surface area contributed by atoms with Crippen LogP contribution in [0.25, 0.3) is 0 Å². The summed E-state index contributed by atoms with van der Waals surface area (Å²) < 4.78 is 10.4. The van der Waals surface area contributed by atoms with E-state index in [2.05, 4.69) is 23.6 Å². The lowest BCUT2D eigenvalue weighted by atomic mass is 9.93. The zero-order valence-electron chi connectivity index (χ0n) is 20.3. The highest BCUT2D eigenvalue weighted by Crippen LogP contribution is 2.37. The van der Waals surface area contributed by atoms with E-state index in [1.807, 2.05) is 47.4 Å². The highest BCUT2D eigenvalue weighted by molar-refractivity contribution is 7.10. The summed E-state index contributed by atoms with van der Waals surface area (Å²) in [5, 5.41) is 2.10. The van der Waals surface area contributed by atoms with Gasteiger partial charge in [-0.2, -0.15) is 0 Å². The largest absolute Gasteiger partial charge is 0.497 e. The molecule has 0 bridgehead atoms. The number of rotatable bonds is 10. The molecular formula is C28H32N2O4S. The van der Waals surface area contributed by atoms with Crippen LogP contribution in [-0.4, -0.2) is 62.1 Å². The smallest absolute Gasteiger partial charge is 0.242 e. The van der Waals surface area contributed by atoms with E-state index in [1.54, 1.807) is 30.5 Å². The van der Waals surface area contributed by atoms with Crippen LogP contribution in [-0.2, 0) is 27.2 Å². The molecule has 2 heterocycles. The number of hydrogen-bond acceptors (Lipinski definition) is 5. The Hall–Kier alpha value is -3.16. The van der Waals surface area contributed by atoms with Crippen LogP contribution < -0.4 is 4.74 Å². The number of ether oxygens (including phenoxy) is 2. The highest BCUT2D eigenvalue weighted by atomic mass is 32.1. The van der Waals surface area contributed by atoms with Crippen LogP contribution in [0.3, 0.4) is 0 Å². The van der Waals surface area contributed by atoms with Crippen molar-refractivity contribution < 1.29 is 19.1 Å². The highest BCUT2D eigenvalue weighted by Gasteiger charge is 2.33. The maximum Gasteiger partial charge on any atom is 0.242 e. The SMILES string of the molecule is COCCCN(CC(=O)N1CCc2sccc2C1c1ccccc1)C(=O)Cc1ccc(OC)cc1. The molecule has 1 atom stereocenters. The van der Waals surface area contributed by atoms with Crippen LogP contribution in [0.5, 0.6) is 5.75 Å². The second kappa shape index (κ2) is 12.0. The van der Waals surface area contributed by atoms with Crippen molar-refractivity contribution in [3.8, 4) is 5.75 Å². The summed E-state index contributed by atoms with van der Waals surface area (Å²) in [6, 6.07) is 19.6. The number of nitrogens with zero attached hydrogens (tertiary/aromatic N) is 2. The van der Waals surface area contributed by atoms with E-state index in [9.17, 15) is 9.59 Å². The third-order valence-corrected chi connectivity index (χ3v) is 7.37. The van der Waals surface area contributed by atoms with Gasteiger partial charge in [0.25, 0.3) is 0 Å². The maximum atomic E-state index is 13.7. The van der Waals surface area contributed by atoms with Crippen LogP contribution in [0, 0.1) is 0 Å². The first-order valence-electron chi connectivity index (χ1n) is 11.9. The van der Waals surface area contributed by atoms with E-state index in [4.69, 9.17) is 9.47 Å². The summed E-state index contributed by atoms with van der Waals surface area (Å²) in [6.07, 6.45) is 1.75. The van der Waals surface area contributed by atoms with Gasteiger partial charge in [0.1, 0.15) is 5.75 Å². The molecule has 0 N–H and O–H groups in total. The Bertz CT molecular complexity index is 1110. The topological polar surface area (TPSA) is 59.1 Å². The lowest BCUT2D eigenvalue weighted by molar-refractivity contribution is -0.141. The number of fused-ring (bicyclic) bond motifs is 1. The van der Waals surface area contributed by atoms with E-state index in [1.165, 1.54) is 10.4 Å². The van der Waals surface area contributed by atoms with Crippen LogP contribution in [0.4, 0.5) is 0 Å². The van der Waals surface area contributed by atoms with Crippen molar-refractivity contribution in [3.05, 3.63) is 87.6 Å². The molecule has 1 unspecified atom stereocenters. The third-order valence-electron chi connectivity index (χ3n) is 6.37. The molecule has 7 heteroatoms. The zero-order valence-corrected chi connectivity index (χ0v) is 21.1. The van der Waals surface area contributed by atoms with E-state index in [-0.39, 0.29) is 30.8 Å². The van der Waals surface area contributed by atoms with Gasteiger partial charge in [-0.05, 0) is 53.1 Å².